The molecule has 0 aliphatic heterocycles. The van der Waals surface area contributed by atoms with Gasteiger partial charge in [0.2, 0.25) is 0 Å². The van der Waals surface area contributed by atoms with Crippen LogP contribution in [-0.4, -0.2) is 24.1 Å². The molecule has 0 aromatic heterocycles. The van der Waals surface area contributed by atoms with Crippen LogP contribution < -0.4 is 0 Å². The summed E-state index contributed by atoms with van der Waals surface area (Å²) in [5.41, 5.74) is 2.18. The van der Waals surface area contributed by atoms with E-state index in [2.05, 4.69) is 37.2 Å². The second kappa shape index (κ2) is 9.55. The minimum atomic E-state index is -0.484. The highest BCUT2D eigenvalue weighted by Gasteiger charge is 2.14. The van der Waals surface area contributed by atoms with Crippen molar-refractivity contribution in [2.75, 3.05) is 14.1 Å². The number of halogens is 2. The Hall–Kier alpha value is -0.710. The van der Waals surface area contributed by atoms with Gasteiger partial charge in [0.05, 0.1) is 6.10 Å². The van der Waals surface area contributed by atoms with Crippen molar-refractivity contribution in [2.45, 2.75) is 35.8 Å². The minimum Gasteiger partial charge on any atom is -0.388 e. The van der Waals surface area contributed by atoms with Gasteiger partial charge in [-0.2, -0.15) is 0 Å². The molecule has 2 rings (SSSR count). The number of aliphatic hydroxyl groups excluding tert-OH is 1. The summed E-state index contributed by atoms with van der Waals surface area (Å²) >= 11 is 7.78. The number of hydrogen-bond acceptors (Lipinski definition) is 3. The third-order valence-electron chi connectivity index (χ3n) is 3.40. The molecule has 2 aromatic rings. The van der Waals surface area contributed by atoms with Crippen molar-refractivity contribution in [3.63, 3.8) is 0 Å². The first-order valence-electron chi connectivity index (χ1n) is 7.39. The third kappa shape index (κ3) is 5.70. The Morgan fingerprint density at radius 1 is 1.13 bits per heavy atom. The second-order valence-corrected chi connectivity index (χ2v) is 7.07. The van der Waals surface area contributed by atoms with E-state index in [1.807, 2.05) is 31.2 Å². The van der Waals surface area contributed by atoms with E-state index in [0.717, 1.165) is 17.0 Å². The molecule has 0 bridgehead atoms. The Bertz CT molecular complexity index is 634. The quantitative estimate of drug-likeness (QED) is 0.733. The van der Waals surface area contributed by atoms with E-state index in [9.17, 15) is 5.11 Å². The highest BCUT2D eigenvalue weighted by molar-refractivity contribution is 7.99. The van der Waals surface area contributed by atoms with Crippen LogP contribution in [0.1, 0.15) is 30.6 Å². The van der Waals surface area contributed by atoms with Crippen molar-refractivity contribution in [3.8, 4) is 0 Å². The lowest BCUT2D eigenvalue weighted by atomic mass is 10.1. The molecule has 1 atom stereocenters. The molecule has 126 valence electrons. The number of hydrogen-bond donors (Lipinski definition) is 1. The van der Waals surface area contributed by atoms with Gasteiger partial charge in [0.25, 0.3) is 0 Å². The van der Waals surface area contributed by atoms with Gasteiger partial charge >= 0.3 is 0 Å². The van der Waals surface area contributed by atoms with Gasteiger partial charge in [-0.25, -0.2) is 0 Å². The fourth-order valence-corrected chi connectivity index (χ4v) is 3.56. The molecule has 0 aliphatic rings. The fourth-order valence-electron chi connectivity index (χ4n) is 2.29. The molecule has 1 N–H and O–H groups in total. The first-order valence-corrected chi connectivity index (χ1v) is 8.58. The smallest absolute Gasteiger partial charge is 0.0798 e. The topological polar surface area (TPSA) is 23.5 Å². The molecule has 2 aromatic carbocycles. The number of nitrogens with zero attached hydrogens (tertiary/aromatic N) is 1. The molecular formula is C18H23Cl2NOS. The van der Waals surface area contributed by atoms with E-state index in [1.165, 1.54) is 10.5 Å². The Morgan fingerprint density at radius 2 is 1.83 bits per heavy atom. The van der Waals surface area contributed by atoms with Crippen molar-refractivity contribution in [1.82, 2.24) is 4.90 Å². The number of benzene rings is 2. The summed E-state index contributed by atoms with van der Waals surface area (Å²) < 4.78 is 0. The Balaban J connectivity index is 0.00000264. The van der Waals surface area contributed by atoms with Crippen molar-refractivity contribution >= 4 is 35.8 Å². The van der Waals surface area contributed by atoms with Crippen molar-refractivity contribution < 1.29 is 5.11 Å². The zero-order chi connectivity index (χ0) is 16.1. The molecule has 1 unspecified atom stereocenters. The molecule has 23 heavy (non-hydrogen) atoms. The summed E-state index contributed by atoms with van der Waals surface area (Å²) in [6.07, 6.45) is 0.190. The predicted molar refractivity (Wildman–Crippen MR) is 102 cm³/mol. The number of rotatable bonds is 6. The molecule has 0 aliphatic carbocycles. The first-order chi connectivity index (χ1) is 10.5. The van der Waals surface area contributed by atoms with Crippen LogP contribution in [0.15, 0.2) is 52.3 Å². The van der Waals surface area contributed by atoms with E-state index < -0.39 is 6.10 Å². The fraction of sp³-hybridized carbons (Fsp3) is 0.333. The monoisotopic (exact) mass is 371 g/mol. The van der Waals surface area contributed by atoms with Crippen LogP contribution in [0.2, 0.25) is 5.02 Å². The third-order valence-corrected chi connectivity index (χ3v) is 4.84. The van der Waals surface area contributed by atoms with Gasteiger partial charge in [0, 0.05) is 21.4 Å². The maximum Gasteiger partial charge on any atom is 0.0798 e. The molecule has 0 radical (unpaired) electrons. The van der Waals surface area contributed by atoms with E-state index in [-0.39, 0.29) is 12.4 Å². The van der Waals surface area contributed by atoms with Crippen LogP contribution in [0, 0.1) is 0 Å². The lowest BCUT2D eigenvalue weighted by molar-refractivity contribution is 0.171. The predicted octanol–water partition coefficient (Wildman–Crippen LogP) is 5.42. The molecule has 0 heterocycles. The molecular weight excluding hydrogens is 349 g/mol. The lowest BCUT2D eigenvalue weighted by Gasteiger charge is -2.17. The highest BCUT2D eigenvalue weighted by Crippen LogP contribution is 2.37. The van der Waals surface area contributed by atoms with Crippen molar-refractivity contribution in [2.24, 2.45) is 0 Å². The van der Waals surface area contributed by atoms with Crippen LogP contribution in [-0.2, 0) is 6.54 Å². The molecule has 2 nitrogen and oxygen atoms in total. The minimum absolute atomic E-state index is 0. The molecule has 0 amide bonds. The zero-order valence-electron chi connectivity index (χ0n) is 13.6. The van der Waals surface area contributed by atoms with Crippen LogP contribution >= 0.6 is 35.8 Å². The van der Waals surface area contributed by atoms with E-state index in [0.29, 0.717) is 11.4 Å². The van der Waals surface area contributed by atoms with Gasteiger partial charge in [-0.05, 0) is 55.9 Å². The van der Waals surface area contributed by atoms with E-state index in [1.54, 1.807) is 11.8 Å². The zero-order valence-corrected chi connectivity index (χ0v) is 16.0. The summed E-state index contributed by atoms with van der Waals surface area (Å²) in [6.45, 7) is 2.86. The van der Waals surface area contributed by atoms with Crippen molar-refractivity contribution in [3.05, 3.63) is 58.6 Å². The van der Waals surface area contributed by atoms with Gasteiger partial charge in [-0.1, -0.05) is 48.5 Å². The van der Waals surface area contributed by atoms with Gasteiger partial charge < -0.3 is 10.0 Å². The molecule has 0 saturated carbocycles. The standard InChI is InChI=1S/C18H22ClNOS.ClH/c1-4-16(21)15-11-14(19)9-10-18(15)22-17-8-6-5-7-13(17)12-20(2)3;/h5-11,16,21H,4,12H2,1-3H3;1H. The lowest BCUT2D eigenvalue weighted by Crippen LogP contribution is -2.11. The average molecular weight is 372 g/mol. The second-order valence-electron chi connectivity index (χ2n) is 5.55. The summed E-state index contributed by atoms with van der Waals surface area (Å²) in [5.74, 6) is 0. The highest BCUT2D eigenvalue weighted by atomic mass is 35.5. The molecule has 0 spiro atoms. The summed E-state index contributed by atoms with van der Waals surface area (Å²) in [6, 6.07) is 14.1. The van der Waals surface area contributed by atoms with Gasteiger partial charge in [0.1, 0.15) is 0 Å². The molecule has 0 fully saturated rings. The van der Waals surface area contributed by atoms with Crippen LogP contribution in [0.4, 0.5) is 0 Å². The Morgan fingerprint density at radius 3 is 2.48 bits per heavy atom. The maximum absolute atomic E-state index is 10.2. The van der Waals surface area contributed by atoms with Crippen molar-refractivity contribution in [1.29, 1.82) is 0 Å². The summed E-state index contributed by atoms with van der Waals surface area (Å²) in [4.78, 5) is 4.43. The van der Waals surface area contributed by atoms with E-state index in [4.69, 9.17) is 11.6 Å². The van der Waals surface area contributed by atoms with Crippen LogP contribution in [0.5, 0.6) is 0 Å². The molecule has 0 saturated heterocycles. The molecule has 5 heteroatoms. The maximum atomic E-state index is 10.2. The Kier molecular flexibility index (Phi) is 8.45. The average Bonchev–Trinajstić information content (AvgIpc) is 2.49. The summed E-state index contributed by atoms with van der Waals surface area (Å²) in [7, 11) is 4.13. The van der Waals surface area contributed by atoms with Gasteiger partial charge in [0.15, 0.2) is 0 Å². The van der Waals surface area contributed by atoms with Gasteiger partial charge in [-0.3, -0.25) is 0 Å². The van der Waals surface area contributed by atoms with Gasteiger partial charge in [-0.15, -0.1) is 12.4 Å². The van der Waals surface area contributed by atoms with Crippen LogP contribution in [0.3, 0.4) is 0 Å². The number of aliphatic hydroxyl groups is 1. The Labute approximate surface area is 154 Å². The first kappa shape index (κ1) is 20.3. The summed E-state index contributed by atoms with van der Waals surface area (Å²) in [5, 5.41) is 10.9. The largest absolute Gasteiger partial charge is 0.388 e. The van der Waals surface area contributed by atoms with E-state index >= 15 is 0 Å². The normalized spacial score (nSPS) is 12.1. The SMILES string of the molecule is CCC(O)c1cc(Cl)ccc1Sc1ccccc1CN(C)C.Cl. The van der Waals surface area contributed by atoms with Crippen LogP contribution in [0.25, 0.3) is 0 Å².